The Kier molecular flexibility index (Phi) is 3.70. The lowest BCUT2D eigenvalue weighted by Crippen LogP contribution is -2.70. The van der Waals surface area contributed by atoms with E-state index in [1.54, 1.807) is 17.9 Å². The molecule has 8 heteroatoms. The van der Waals surface area contributed by atoms with E-state index in [0.29, 0.717) is 31.7 Å². The number of hydrogen-bond acceptors (Lipinski definition) is 5. The van der Waals surface area contributed by atoms with Crippen molar-refractivity contribution in [2.24, 2.45) is 0 Å². The first-order valence-corrected chi connectivity index (χ1v) is 8.26. The molecule has 1 N–H and O–H groups in total. The summed E-state index contributed by atoms with van der Waals surface area (Å²) in [5.74, 6) is 0.360. The van der Waals surface area contributed by atoms with Gasteiger partial charge in [0.25, 0.3) is 0 Å². The lowest BCUT2D eigenvalue weighted by molar-refractivity contribution is -0.0502. The molecule has 1 aromatic rings. The fraction of sp³-hybridized carbons (Fsp3) is 0.529. The number of amides is 2. The number of cyclic esters (lactones) is 1. The fourth-order valence-electron chi connectivity index (χ4n) is 3.33. The zero-order valence-corrected chi connectivity index (χ0v) is 13.8. The molecule has 134 valence electrons. The van der Waals surface area contributed by atoms with E-state index in [9.17, 15) is 14.0 Å². The van der Waals surface area contributed by atoms with Crippen LogP contribution < -0.4 is 10.1 Å². The Bertz CT molecular complexity index is 713. The van der Waals surface area contributed by atoms with Gasteiger partial charge in [-0.3, -0.25) is 0 Å². The standard InChI is InChI=1S/C17H19FN2O5/c1-10-4-11(18)2-3-14(10)24-12-5-13(6-12)25-16(22)20-7-17(8-20)9-23-15(21)19-17/h2-4,12-13H,5-9H2,1H3,(H,19,21). The molecule has 0 aromatic heterocycles. The van der Waals surface area contributed by atoms with Crippen LogP contribution in [0.4, 0.5) is 14.0 Å². The minimum atomic E-state index is -0.443. The number of carbonyl (C=O) groups is 2. The first-order valence-electron chi connectivity index (χ1n) is 8.26. The van der Waals surface area contributed by atoms with Crippen molar-refractivity contribution in [1.29, 1.82) is 0 Å². The zero-order valence-electron chi connectivity index (χ0n) is 13.8. The average Bonchev–Trinajstić information content (AvgIpc) is 2.88. The van der Waals surface area contributed by atoms with E-state index in [0.717, 1.165) is 5.56 Å². The number of aryl methyl sites for hydroxylation is 1. The van der Waals surface area contributed by atoms with Gasteiger partial charge < -0.3 is 24.4 Å². The molecule has 2 saturated heterocycles. The molecule has 3 aliphatic rings. The van der Waals surface area contributed by atoms with Crippen LogP contribution in [0.5, 0.6) is 5.75 Å². The van der Waals surface area contributed by atoms with Crippen molar-refractivity contribution in [2.45, 2.75) is 37.5 Å². The van der Waals surface area contributed by atoms with Crippen LogP contribution in [0.3, 0.4) is 0 Å². The highest BCUT2D eigenvalue weighted by molar-refractivity contribution is 5.74. The van der Waals surface area contributed by atoms with E-state index >= 15 is 0 Å². The molecule has 2 amide bonds. The molecule has 1 aromatic carbocycles. The largest absolute Gasteiger partial charge is 0.490 e. The summed E-state index contributed by atoms with van der Waals surface area (Å²) in [4.78, 5) is 24.7. The third kappa shape index (κ3) is 3.08. The normalized spacial score (nSPS) is 26.3. The molecule has 2 aliphatic heterocycles. The minimum Gasteiger partial charge on any atom is -0.490 e. The zero-order chi connectivity index (χ0) is 17.6. The van der Waals surface area contributed by atoms with Crippen molar-refractivity contribution in [1.82, 2.24) is 10.2 Å². The molecule has 25 heavy (non-hydrogen) atoms. The topological polar surface area (TPSA) is 77.1 Å². The number of nitrogens with one attached hydrogen (secondary N) is 1. The fourth-order valence-corrected chi connectivity index (χ4v) is 3.33. The second-order valence-corrected chi connectivity index (χ2v) is 6.96. The molecule has 7 nitrogen and oxygen atoms in total. The Morgan fingerprint density at radius 3 is 2.76 bits per heavy atom. The predicted octanol–water partition coefficient (Wildman–Crippen LogP) is 1.97. The Balaban J connectivity index is 1.20. The SMILES string of the molecule is Cc1cc(F)ccc1OC1CC(OC(=O)N2CC3(COC(=O)N3)C2)C1. The number of benzene rings is 1. The summed E-state index contributed by atoms with van der Waals surface area (Å²) in [7, 11) is 0. The first-order chi connectivity index (χ1) is 11.9. The molecule has 3 fully saturated rings. The van der Waals surface area contributed by atoms with E-state index in [1.165, 1.54) is 12.1 Å². The third-order valence-corrected chi connectivity index (χ3v) is 4.84. The maximum atomic E-state index is 13.1. The molecule has 4 rings (SSSR count). The quantitative estimate of drug-likeness (QED) is 0.902. The van der Waals surface area contributed by atoms with Gasteiger partial charge in [0.15, 0.2) is 0 Å². The van der Waals surface area contributed by atoms with Crippen LogP contribution in [-0.4, -0.2) is 54.5 Å². The number of likely N-dealkylation sites (tertiary alicyclic amines) is 1. The molecular formula is C17H19FN2O5. The smallest absolute Gasteiger partial charge is 0.410 e. The van der Waals surface area contributed by atoms with Gasteiger partial charge >= 0.3 is 12.2 Å². The molecular weight excluding hydrogens is 331 g/mol. The molecule has 0 atom stereocenters. The van der Waals surface area contributed by atoms with Crippen molar-refractivity contribution in [3.63, 3.8) is 0 Å². The summed E-state index contributed by atoms with van der Waals surface area (Å²) in [6.45, 7) is 2.88. The van der Waals surface area contributed by atoms with Crippen LogP contribution in [0, 0.1) is 12.7 Å². The highest BCUT2D eigenvalue weighted by Gasteiger charge is 2.52. The molecule has 0 radical (unpaired) electrons. The lowest BCUT2D eigenvalue weighted by Gasteiger charge is -2.46. The van der Waals surface area contributed by atoms with Gasteiger partial charge in [-0.15, -0.1) is 0 Å². The number of rotatable bonds is 3. The molecule has 0 bridgehead atoms. The summed E-state index contributed by atoms with van der Waals surface area (Å²) < 4.78 is 29.2. The van der Waals surface area contributed by atoms with Crippen molar-refractivity contribution in [2.75, 3.05) is 19.7 Å². The summed E-state index contributed by atoms with van der Waals surface area (Å²) in [5, 5.41) is 2.72. The number of alkyl carbamates (subject to hydrolysis) is 1. The number of hydrogen-bond donors (Lipinski definition) is 1. The van der Waals surface area contributed by atoms with Gasteiger partial charge in [0, 0.05) is 12.8 Å². The van der Waals surface area contributed by atoms with Crippen LogP contribution in [-0.2, 0) is 9.47 Å². The second-order valence-electron chi connectivity index (χ2n) is 6.96. The molecule has 0 unspecified atom stereocenters. The van der Waals surface area contributed by atoms with E-state index in [1.807, 2.05) is 0 Å². The Morgan fingerprint density at radius 2 is 2.12 bits per heavy atom. The van der Waals surface area contributed by atoms with E-state index in [2.05, 4.69) is 5.32 Å². The Labute approximate surface area is 144 Å². The highest BCUT2D eigenvalue weighted by atomic mass is 19.1. The molecule has 1 spiro atoms. The first kappa shape index (κ1) is 16.0. The van der Waals surface area contributed by atoms with Gasteiger partial charge in [0.1, 0.15) is 35.9 Å². The van der Waals surface area contributed by atoms with E-state index < -0.39 is 11.6 Å². The average molecular weight is 350 g/mol. The monoisotopic (exact) mass is 350 g/mol. The molecule has 1 saturated carbocycles. The Hall–Kier alpha value is -2.51. The van der Waals surface area contributed by atoms with Crippen LogP contribution in [0.2, 0.25) is 0 Å². The van der Waals surface area contributed by atoms with Gasteiger partial charge in [-0.2, -0.15) is 0 Å². The number of halogens is 1. The van der Waals surface area contributed by atoms with E-state index in [4.69, 9.17) is 14.2 Å². The third-order valence-electron chi connectivity index (χ3n) is 4.84. The van der Waals surface area contributed by atoms with Gasteiger partial charge in [0.05, 0.1) is 13.1 Å². The van der Waals surface area contributed by atoms with Gasteiger partial charge in [-0.05, 0) is 30.7 Å². The van der Waals surface area contributed by atoms with Crippen molar-refractivity contribution in [3.8, 4) is 5.75 Å². The summed E-state index contributed by atoms with van der Waals surface area (Å²) in [6.07, 6.45) is 0.190. The van der Waals surface area contributed by atoms with Crippen LogP contribution >= 0.6 is 0 Å². The summed E-state index contributed by atoms with van der Waals surface area (Å²) >= 11 is 0. The number of ether oxygens (including phenoxy) is 3. The maximum Gasteiger partial charge on any atom is 0.410 e. The maximum absolute atomic E-state index is 13.1. The highest BCUT2D eigenvalue weighted by Crippen LogP contribution is 2.32. The van der Waals surface area contributed by atoms with Gasteiger partial charge in [-0.25, -0.2) is 14.0 Å². The minimum absolute atomic E-state index is 0.0350. The molecule has 2 heterocycles. The van der Waals surface area contributed by atoms with Crippen molar-refractivity contribution < 1.29 is 28.2 Å². The second kappa shape index (κ2) is 5.79. The van der Waals surface area contributed by atoms with Crippen LogP contribution in [0.25, 0.3) is 0 Å². The number of carbonyl (C=O) groups excluding carboxylic acids is 2. The van der Waals surface area contributed by atoms with Crippen LogP contribution in [0.1, 0.15) is 18.4 Å². The lowest BCUT2D eigenvalue weighted by atomic mass is 9.91. The van der Waals surface area contributed by atoms with Crippen LogP contribution in [0.15, 0.2) is 18.2 Å². The van der Waals surface area contributed by atoms with Crippen molar-refractivity contribution in [3.05, 3.63) is 29.6 Å². The summed E-state index contributed by atoms with van der Waals surface area (Å²) in [5.41, 5.74) is 0.300. The summed E-state index contributed by atoms with van der Waals surface area (Å²) in [6, 6.07) is 4.40. The van der Waals surface area contributed by atoms with Gasteiger partial charge in [0.2, 0.25) is 0 Å². The predicted molar refractivity (Wildman–Crippen MR) is 83.8 cm³/mol. The number of nitrogens with zero attached hydrogens (tertiary/aromatic N) is 1. The molecule has 1 aliphatic carbocycles. The van der Waals surface area contributed by atoms with Crippen molar-refractivity contribution >= 4 is 12.2 Å². The van der Waals surface area contributed by atoms with E-state index in [-0.39, 0.29) is 30.7 Å². The Morgan fingerprint density at radius 1 is 1.36 bits per heavy atom. The van der Waals surface area contributed by atoms with Gasteiger partial charge in [-0.1, -0.05) is 0 Å².